The summed E-state index contributed by atoms with van der Waals surface area (Å²) in [5.41, 5.74) is 1.26. The first-order chi connectivity index (χ1) is 7.38. The molecule has 3 nitrogen and oxygen atoms in total. The summed E-state index contributed by atoms with van der Waals surface area (Å²) >= 11 is 1.68. The van der Waals surface area contributed by atoms with Crippen LogP contribution in [0.5, 0.6) is 0 Å². The molecule has 0 bridgehead atoms. The Morgan fingerprint density at radius 3 is 2.62 bits per heavy atom. The molecular formula is C11H19NO2S2. The lowest BCUT2D eigenvalue weighted by atomic mass is 10.1. The molecule has 1 aromatic heterocycles. The van der Waals surface area contributed by atoms with Gasteiger partial charge in [0.1, 0.15) is 9.84 Å². The summed E-state index contributed by atoms with van der Waals surface area (Å²) in [6, 6.07) is 2.58. The van der Waals surface area contributed by atoms with Crippen molar-refractivity contribution in [3.8, 4) is 0 Å². The highest BCUT2D eigenvalue weighted by molar-refractivity contribution is 7.90. The van der Waals surface area contributed by atoms with Crippen LogP contribution in [0.1, 0.15) is 31.9 Å². The van der Waals surface area contributed by atoms with Crippen molar-refractivity contribution in [3.63, 3.8) is 0 Å². The van der Waals surface area contributed by atoms with Crippen LogP contribution in [0.25, 0.3) is 0 Å². The van der Waals surface area contributed by atoms with E-state index in [-0.39, 0.29) is 17.8 Å². The predicted octanol–water partition coefficient (Wildman–Crippen LogP) is 2.22. The van der Waals surface area contributed by atoms with Crippen LogP contribution in [0.3, 0.4) is 0 Å². The van der Waals surface area contributed by atoms with Crippen molar-refractivity contribution in [1.82, 2.24) is 5.32 Å². The molecule has 0 amide bonds. The van der Waals surface area contributed by atoms with Crippen LogP contribution in [-0.4, -0.2) is 26.5 Å². The molecule has 1 aromatic rings. The molecule has 0 spiro atoms. The Hall–Kier alpha value is -0.390. The standard InChI is InChI=1S/C11H19NO2S2/c1-9(5-7-16(3,13)14)12-10(2)11-4-6-15-8-11/h4,6,8-10,12H,5,7H2,1-3H3. The van der Waals surface area contributed by atoms with Gasteiger partial charge in [0.25, 0.3) is 0 Å². The number of rotatable bonds is 6. The molecule has 5 heteroatoms. The van der Waals surface area contributed by atoms with Gasteiger partial charge in [-0.15, -0.1) is 0 Å². The van der Waals surface area contributed by atoms with E-state index in [9.17, 15) is 8.42 Å². The highest BCUT2D eigenvalue weighted by Crippen LogP contribution is 2.16. The van der Waals surface area contributed by atoms with E-state index in [1.165, 1.54) is 11.8 Å². The second-order valence-electron chi connectivity index (χ2n) is 4.26. The van der Waals surface area contributed by atoms with E-state index < -0.39 is 9.84 Å². The van der Waals surface area contributed by atoms with Gasteiger partial charge in [-0.1, -0.05) is 0 Å². The average Bonchev–Trinajstić information content (AvgIpc) is 2.66. The maximum absolute atomic E-state index is 11.0. The zero-order valence-corrected chi connectivity index (χ0v) is 11.6. The highest BCUT2D eigenvalue weighted by atomic mass is 32.2. The molecule has 2 unspecified atom stereocenters. The fourth-order valence-corrected chi connectivity index (χ4v) is 3.05. The lowest BCUT2D eigenvalue weighted by molar-refractivity contribution is 0.468. The van der Waals surface area contributed by atoms with Crippen molar-refractivity contribution in [2.75, 3.05) is 12.0 Å². The van der Waals surface area contributed by atoms with Gasteiger partial charge in [0.05, 0.1) is 5.75 Å². The molecule has 0 aliphatic carbocycles. The van der Waals surface area contributed by atoms with Gasteiger partial charge in [-0.05, 0) is 42.7 Å². The van der Waals surface area contributed by atoms with Crippen LogP contribution in [0.2, 0.25) is 0 Å². The minimum absolute atomic E-state index is 0.213. The van der Waals surface area contributed by atoms with Crippen molar-refractivity contribution in [2.24, 2.45) is 0 Å². The Labute approximate surface area is 102 Å². The van der Waals surface area contributed by atoms with Gasteiger partial charge in [-0.3, -0.25) is 0 Å². The van der Waals surface area contributed by atoms with Gasteiger partial charge in [0.15, 0.2) is 0 Å². The first kappa shape index (κ1) is 13.7. The van der Waals surface area contributed by atoms with Crippen molar-refractivity contribution in [2.45, 2.75) is 32.4 Å². The molecule has 2 atom stereocenters. The van der Waals surface area contributed by atoms with E-state index in [2.05, 4.69) is 29.1 Å². The van der Waals surface area contributed by atoms with Gasteiger partial charge in [0, 0.05) is 18.3 Å². The Kier molecular flexibility index (Phi) is 4.95. The van der Waals surface area contributed by atoms with Crippen molar-refractivity contribution in [3.05, 3.63) is 22.4 Å². The lowest BCUT2D eigenvalue weighted by Crippen LogP contribution is -2.30. The molecule has 0 aromatic carbocycles. The monoisotopic (exact) mass is 261 g/mol. The Balaban J connectivity index is 2.37. The fraction of sp³-hybridized carbons (Fsp3) is 0.636. The Bertz CT molecular complexity index is 398. The first-order valence-electron chi connectivity index (χ1n) is 5.34. The largest absolute Gasteiger partial charge is 0.308 e. The third-order valence-electron chi connectivity index (χ3n) is 2.50. The maximum Gasteiger partial charge on any atom is 0.147 e. The summed E-state index contributed by atoms with van der Waals surface area (Å²) in [6.45, 7) is 4.12. The fourth-order valence-electron chi connectivity index (χ4n) is 1.52. The average molecular weight is 261 g/mol. The molecule has 0 aliphatic heterocycles. The van der Waals surface area contributed by atoms with Gasteiger partial charge >= 0.3 is 0 Å². The van der Waals surface area contributed by atoms with Crippen molar-refractivity contribution < 1.29 is 8.42 Å². The summed E-state index contributed by atoms with van der Waals surface area (Å²) in [4.78, 5) is 0. The lowest BCUT2D eigenvalue weighted by Gasteiger charge is -2.19. The summed E-state index contributed by atoms with van der Waals surface area (Å²) in [6.07, 6.45) is 1.94. The van der Waals surface area contributed by atoms with Crippen LogP contribution >= 0.6 is 11.3 Å². The number of sulfone groups is 1. The van der Waals surface area contributed by atoms with Crippen LogP contribution in [-0.2, 0) is 9.84 Å². The summed E-state index contributed by atoms with van der Waals surface area (Å²) < 4.78 is 22.0. The topological polar surface area (TPSA) is 46.2 Å². The zero-order valence-electron chi connectivity index (χ0n) is 9.93. The molecule has 0 saturated heterocycles. The van der Waals surface area contributed by atoms with E-state index >= 15 is 0 Å². The van der Waals surface area contributed by atoms with E-state index in [4.69, 9.17) is 0 Å². The Morgan fingerprint density at radius 2 is 2.12 bits per heavy atom. The second-order valence-corrected chi connectivity index (χ2v) is 7.30. The van der Waals surface area contributed by atoms with Crippen LogP contribution in [0.15, 0.2) is 16.8 Å². The number of hydrogen-bond acceptors (Lipinski definition) is 4. The van der Waals surface area contributed by atoms with E-state index in [1.807, 2.05) is 6.92 Å². The maximum atomic E-state index is 11.0. The van der Waals surface area contributed by atoms with E-state index in [0.29, 0.717) is 6.42 Å². The van der Waals surface area contributed by atoms with Gasteiger partial charge < -0.3 is 5.32 Å². The number of nitrogens with one attached hydrogen (secondary N) is 1. The zero-order chi connectivity index (χ0) is 12.2. The predicted molar refractivity (Wildman–Crippen MR) is 69.7 cm³/mol. The molecule has 1 rings (SSSR count). The van der Waals surface area contributed by atoms with Crippen LogP contribution < -0.4 is 5.32 Å². The molecule has 1 N–H and O–H groups in total. The molecule has 0 saturated carbocycles. The molecular weight excluding hydrogens is 242 g/mol. The van der Waals surface area contributed by atoms with Gasteiger partial charge in [-0.25, -0.2) is 8.42 Å². The number of hydrogen-bond donors (Lipinski definition) is 1. The Morgan fingerprint density at radius 1 is 1.44 bits per heavy atom. The smallest absolute Gasteiger partial charge is 0.147 e. The van der Waals surface area contributed by atoms with Gasteiger partial charge in [-0.2, -0.15) is 11.3 Å². The van der Waals surface area contributed by atoms with Crippen LogP contribution in [0, 0.1) is 0 Å². The molecule has 16 heavy (non-hydrogen) atoms. The van der Waals surface area contributed by atoms with Gasteiger partial charge in [0.2, 0.25) is 0 Å². The minimum Gasteiger partial charge on any atom is -0.308 e. The third-order valence-corrected chi connectivity index (χ3v) is 4.18. The third kappa shape index (κ3) is 5.09. The van der Waals surface area contributed by atoms with Crippen molar-refractivity contribution >= 4 is 21.2 Å². The summed E-state index contributed by atoms with van der Waals surface area (Å²) in [7, 11) is -2.85. The van der Waals surface area contributed by atoms with E-state index in [1.54, 1.807) is 11.3 Å². The molecule has 0 fully saturated rings. The molecule has 92 valence electrons. The normalized spacial score (nSPS) is 15.9. The second kappa shape index (κ2) is 5.80. The van der Waals surface area contributed by atoms with Crippen molar-refractivity contribution in [1.29, 1.82) is 0 Å². The molecule has 1 heterocycles. The highest BCUT2D eigenvalue weighted by Gasteiger charge is 2.11. The summed E-state index contributed by atoms with van der Waals surface area (Å²) in [5.74, 6) is 0.248. The first-order valence-corrected chi connectivity index (χ1v) is 8.34. The molecule has 0 aliphatic rings. The van der Waals surface area contributed by atoms with E-state index in [0.717, 1.165) is 0 Å². The number of thiophene rings is 1. The van der Waals surface area contributed by atoms with Crippen LogP contribution in [0.4, 0.5) is 0 Å². The molecule has 0 radical (unpaired) electrons. The minimum atomic E-state index is -2.85. The quantitative estimate of drug-likeness (QED) is 0.854. The SMILES string of the molecule is CC(CCS(C)(=O)=O)NC(C)c1ccsc1. The summed E-state index contributed by atoms with van der Waals surface area (Å²) in [5, 5.41) is 7.56.